The number of anilines is 1. The van der Waals surface area contributed by atoms with Crippen molar-refractivity contribution in [1.82, 2.24) is 9.78 Å². The van der Waals surface area contributed by atoms with Crippen LogP contribution in [-0.4, -0.2) is 18.2 Å². The summed E-state index contributed by atoms with van der Waals surface area (Å²) in [7, 11) is -2.05. The molecule has 0 amide bonds. The van der Waals surface area contributed by atoms with Crippen molar-refractivity contribution < 1.29 is 8.42 Å². The highest BCUT2D eigenvalue weighted by atomic mass is 32.2. The summed E-state index contributed by atoms with van der Waals surface area (Å²) in [5.74, 6) is 0. The molecule has 0 aliphatic carbocycles. The minimum Gasteiger partial charge on any atom is -0.279 e. The molecule has 0 atom stereocenters. The molecule has 0 saturated heterocycles. The van der Waals surface area contributed by atoms with Crippen molar-refractivity contribution >= 4 is 15.7 Å². The van der Waals surface area contributed by atoms with Crippen molar-refractivity contribution in [3.63, 3.8) is 0 Å². The van der Waals surface area contributed by atoms with E-state index in [1.165, 1.54) is 10.7 Å². The van der Waals surface area contributed by atoms with Gasteiger partial charge in [-0.15, -0.1) is 0 Å². The molecular formula is C14H16N4O2S. The fraction of sp³-hybridized carbons (Fsp3) is 0.286. The van der Waals surface area contributed by atoms with Crippen LogP contribution in [0.2, 0.25) is 0 Å². The van der Waals surface area contributed by atoms with E-state index in [1.807, 2.05) is 6.07 Å². The Hall–Kier alpha value is -2.33. The van der Waals surface area contributed by atoms with Gasteiger partial charge in [-0.25, -0.2) is 8.42 Å². The van der Waals surface area contributed by atoms with Gasteiger partial charge in [-0.1, -0.05) is 6.07 Å². The zero-order valence-corrected chi connectivity index (χ0v) is 13.1. The second kappa shape index (κ2) is 5.22. The standard InChI is InChI=1S/C14H16N4O2S/c1-9-5-6-12(8-15)7-13(9)17-21(19,20)14-10(2)16-18(4)11(14)3/h5-7,17H,1-4H3. The molecule has 21 heavy (non-hydrogen) atoms. The predicted octanol–water partition coefficient (Wildman–Crippen LogP) is 2.02. The van der Waals surface area contributed by atoms with Gasteiger partial charge in [0.15, 0.2) is 0 Å². The van der Waals surface area contributed by atoms with Crippen LogP contribution in [0.25, 0.3) is 0 Å². The molecule has 0 aliphatic heterocycles. The third-order valence-electron chi connectivity index (χ3n) is 3.32. The van der Waals surface area contributed by atoms with Gasteiger partial charge in [0.25, 0.3) is 10.0 Å². The Morgan fingerprint density at radius 2 is 1.95 bits per heavy atom. The first-order valence-electron chi connectivity index (χ1n) is 6.30. The summed E-state index contributed by atoms with van der Waals surface area (Å²) in [5.41, 5.74) is 2.55. The van der Waals surface area contributed by atoms with Gasteiger partial charge >= 0.3 is 0 Å². The number of hydrogen-bond donors (Lipinski definition) is 1. The minimum atomic E-state index is -3.74. The van der Waals surface area contributed by atoms with E-state index in [1.54, 1.807) is 40.0 Å². The smallest absolute Gasteiger partial charge is 0.265 e. The monoisotopic (exact) mass is 304 g/mol. The number of nitriles is 1. The van der Waals surface area contributed by atoms with Crippen molar-refractivity contribution in [3.05, 3.63) is 40.7 Å². The Labute approximate surface area is 124 Å². The van der Waals surface area contributed by atoms with Crippen LogP contribution in [0, 0.1) is 32.1 Å². The van der Waals surface area contributed by atoms with Gasteiger partial charge < -0.3 is 0 Å². The topological polar surface area (TPSA) is 87.8 Å². The Kier molecular flexibility index (Phi) is 3.75. The van der Waals surface area contributed by atoms with E-state index in [0.29, 0.717) is 22.6 Å². The van der Waals surface area contributed by atoms with Gasteiger partial charge in [0.1, 0.15) is 4.90 Å². The van der Waals surface area contributed by atoms with Crippen LogP contribution in [0.4, 0.5) is 5.69 Å². The molecule has 110 valence electrons. The third kappa shape index (κ3) is 2.76. The SMILES string of the molecule is Cc1ccc(C#N)cc1NS(=O)(=O)c1c(C)nn(C)c1C. The fourth-order valence-electron chi connectivity index (χ4n) is 2.14. The summed E-state index contributed by atoms with van der Waals surface area (Å²) in [6, 6.07) is 6.87. The van der Waals surface area contributed by atoms with E-state index in [9.17, 15) is 8.42 Å². The number of aromatic nitrogens is 2. The van der Waals surface area contributed by atoms with Crippen LogP contribution in [0.1, 0.15) is 22.5 Å². The second-order valence-electron chi connectivity index (χ2n) is 4.87. The van der Waals surface area contributed by atoms with Crippen LogP contribution < -0.4 is 4.72 Å². The van der Waals surface area contributed by atoms with Gasteiger partial charge in [-0.05, 0) is 38.5 Å². The number of hydrogen-bond acceptors (Lipinski definition) is 4. The first-order chi connectivity index (χ1) is 9.76. The lowest BCUT2D eigenvalue weighted by Gasteiger charge is -2.11. The average molecular weight is 304 g/mol. The summed E-state index contributed by atoms with van der Waals surface area (Å²) < 4.78 is 29.2. The Morgan fingerprint density at radius 1 is 1.29 bits per heavy atom. The van der Waals surface area contributed by atoms with Crippen LogP contribution in [0.15, 0.2) is 23.1 Å². The molecule has 1 aromatic carbocycles. The van der Waals surface area contributed by atoms with E-state index in [4.69, 9.17) is 5.26 Å². The summed E-state index contributed by atoms with van der Waals surface area (Å²) in [4.78, 5) is 0.173. The molecule has 0 spiro atoms. The molecule has 6 nitrogen and oxygen atoms in total. The van der Waals surface area contributed by atoms with Crippen LogP contribution in [0.3, 0.4) is 0 Å². The largest absolute Gasteiger partial charge is 0.279 e. The molecule has 1 aromatic heterocycles. The van der Waals surface area contributed by atoms with Crippen molar-refractivity contribution in [1.29, 1.82) is 5.26 Å². The minimum absolute atomic E-state index is 0.173. The fourth-order valence-corrected chi connectivity index (χ4v) is 3.70. The first kappa shape index (κ1) is 15.1. The lowest BCUT2D eigenvalue weighted by molar-refractivity contribution is 0.599. The summed E-state index contributed by atoms with van der Waals surface area (Å²) in [6.07, 6.45) is 0. The molecule has 0 aliphatic rings. The summed E-state index contributed by atoms with van der Waals surface area (Å²) >= 11 is 0. The third-order valence-corrected chi connectivity index (χ3v) is 4.94. The maximum absolute atomic E-state index is 12.6. The Bertz CT molecular complexity index is 845. The van der Waals surface area contributed by atoms with E-state index >= 15 is 0 Å². The first-order valence-corrected chi connectivity index (χ1v) is 7.78. The molecule has 1 N–H and O–H groups in total. The number of nitrogens with one attached hydrogen (secondary N) is 1. The van der Waals surface area contributed by atoms with E-state index < -0.39 is 10.0 Å². The molecule has 0 unspecified atom stereocenters. The van der Waals surface area contributed by atoms with E-state index in [2.05, 4.69) is 9.82 Å². The van der Waals surface area contributed by atoms with Crippen molar-refractivity contribution in [2.45, 2.75) is 25.7 Å². The molecule has 0 fully saturated rings. The molecule has 0 bridgehead atoms. The lowest BCUT2D eigenvalue weighted by Crippen LogP contribution is -2.15. The maximum Gasteiger partial charge on any atom is 0.265 e. The Morgan fingerprint density at radius 3 is 2.48 bits per heavy atom. The molecule has 0 radical (unpaired) electrons. The Balaban J connectivity index is 2.50. The van der Waals surface area contributed by atoms with Crippen LogP contribution in [-0.2, 0) is 17.1 Å². The highest BCUT2D eigenvalue weighted by Crippen LogP contribution is 2.24. The highest BCUT2D eigenvalue weighted by molar-refractivity contribution is 7.92. The number of rotatable bonds is 3. The molecule has 7 heteroatoms. The number of nitrogens with zero attached hydrogens (tertiary/aromatic N) is 3. The molecule has 2 aromatic rings. The van der Waals surface area contributed by atoms with Crippen molar-refractivity contribution in [2.24, 2.45) is 7.05 Å². The van der Waals surface area contributed by atoms with E-state index in [-0.39, 0.29) is 4.90 Å². The van der Waals surface area contributed by atoms with Crippen LogP contribution in [0.5, 0.6) is 0 Å². The number of aryl methyl sites for hydroxylation is 3. The van der Waals surface area contributed by atoms with Crippen LogP contribution >= 0.6 is 0 Å². The summed E-state index contributed by atoms with van der Waals surface area (Å²) in [6.45, 7) is 5.13. The van der Waals surface area contributed by atoms with Gasteiger partial charge in [-0.3, -0.25) is 9.40 Å². The maximum atomic E-state index is 12.6. The van der Waals surface area contributed by atoms with Gasteiger partial charge in [0.2, 0.25) is 0 Å². The highest BCUT2D eigenvalue weighted by Gasteiger charge is 2.24. The van der Waals surface area contributed by atoms with Gasteiger partial charge in [0.05, 0.1) is 28.7 Å². The van der Waals surface area contributed by atoms with Gasteiger partial charge in [-0.2, -0.15) is 10.4 Å². The number of sulfonamides is 1. The molecular weight excluding hydrogens is 288 g/mol. The van der Waals surface area contributed by atoms with Crippen molar-refractivity contribution in [3.8, 4) is 6.07 Å². The molecule has 1 heterocycles. The van der Waals surface area contributed by atoms with E-state index in [0.717, 1.165) is 5.56 Å². The molecule has 0 saturated carbocycles. The zero-order valence-electron chi connectivity index (χ0n) is 12.3. The van der Waals surface area contributed by atoms with Gasteiger partial charge in [0, 0.05) is 7.05 Å². The van der Waals surface area contributed by atoms with Crippen molar-refractivity contribution in [2.75, 3.05) is 4.72 Å². The summed E-state index contributed by atoms with van der Waals surface area (Å²) in [5, 5.41) is 13.0. The quantitative estimate of drug-likeness (QED) is 0.939. The second-order valence-corrected chi connectivity index (χ2v) is 6.49. The average Bonchev–Trinajstić information content (AvgIpc) is 2.66. The number of benzene rings is 1. The predicted molar refractivity (Wildman–Crippen MR) is 79.4 cm³/mol. The molecule has 2 rings (SSSR count). The normalized spacial score (nSPS) is 11.2. The lowest BCUT2D eigenvalue weighted by atomic mass is 10.1. The zero-order chi connectivity index (χ0) is 15.8.